The second-order valence-corrected chi connectivity index (χ2v) is 17.4. The van der Waals surface area contributed by atoms with Crippen LogP contribution >= 0.6 is 0 Å². The van der Waals surface area contributed by atoms with Crippen LogP contribution in [0.2, 0.25) is 0 Å². The van der Waals surface area contributed by atoms with Crippen LogP contribution in [-0.4, -0.2) is 86.6 Å². The number of hydrogen-bond acceptors (Lipinski definition) is 13. The van der Waals surface area contributed by atoms with Crippen LogP contribution in [0, 0.1) is 0 Å². The van der Waals surface area contributed by atoms with Crippen molar-refractivity contribution in [2.45, 2.75) is 115 Å². The number of benzene rings is 6. The molecule has 10 atom stereocenters. The Bertz CT molecular complexity index is 2280. The van der Waals surface area contributed by atoms with Gasteiger partial charge >= 0.3 is 11.9 Å². The molecule has 6 aromatic rings. The minimum absolute atomic E-state index is 0.146. The van der Waals surface area contributed by atoms with Crippen molar-refractivity contribution in [2.24, 2.45) is 0 Å². The highest BCUT2D eigenvalue weighted by atomic mass is 16.8. The molecule has 2 saturated heterocycles. The third-order valence-corrected chi connectivity index (χ3v) is 12.1. The number of esters is 2. The summed E-state index contributed by atoms with van der Waals surface area (Å²) in [5, 5.41) is 0. The van der Waals surface area contributed by atoms with E-state index in [0.717, 1.165) is 33.4 Å². The van der Waals surface area contributed by atoms with Crippen LogP contribution < -0.4 is 0 Å². The van der Waals surface area contributed by atoms with Gasteiger partial charge in [0.25, 0.3) is 0 Å². The third-order valence-electron chi connectivity index (χ3n) is 12.1. The minimum atomic E-state index is -1.27. The second kappa shape index (κ2) is 26.9. The SMILES string of the molecule is CC(=O)OC[C@H]1O[C@@H](O[C@H]2O[C@H](COC(C)=O)[C@@H](OCc3ccccc3)[C@@H](OCc3ccccc3)[C@H]2OCc2ccccc2)[C@H](OCc2ccccc2)[C@H](OCc2ccccc2)[C@@H]1OCc1ccccc1. The maximum absolute atomic E-state index is 12.5. The van der Waals surface area contributed by atoms with E-state index in [-0.39, 0.29) is 52.9 Å². The molecule has 0 amide bonds. The lowest BCUT2D eigenvalue weighted by Gasteiger charge is -2.49. The fourth-order valence-electron chi connectivity index (χ4n) is 8.51. The van der Waals surface area contributed by atoms with Crippen molar-refractivity contribution in [3.05, 3.63) is 215 Å². The topological polar surface area (TPSA) is 136 Å². The molecule has 0 radical (unpaired) electrons. The predicted molar refractivity (Wildman–Crippen MR) is 262 cm³/mol. The molecule has 8 rings (SSSR count). The van der Waals surface area contributed by atoms with E-state index in [1.165, 1.54) is 13.8 Å². The standard InChI is InChI=1S/C58H62O13/c1-41(59)61-39-49-51(63-33-43-21-9-3-10-22-43)53(65-35-45-25-13-5-14-26-45)55(67-37-47-29-17-7-18-30-47)57(69-49)71-58-56(68-38-48-31-19-8-20-32-48)54(66-36-46-27-15-6-16-28-46)52(50(70-58)40-62-42(2)60)64-34-44-23-11-4-12-24-44/h3-32,49-58H,33-40H2,1-2H3/t49-,50-,51-,52-,53-,54-,55-,56-,57-,58+/m1/s1. The summed E-state index contributed by atoms with van der Waals surface area (Å²) >= 11 is 0. The van der Waals surface area contributed by atoms with Gasteiger partial charge in [-0.2, -0.15) is 0 Å². The molecule has 0 unspecified atom stereocenters. The van der Waals surface area contributed by atoms with E-state index >= 15 is 0 Å². The monoisotopic (exact) mass is 966 g/mol. The van der Waals surface area contributed by atoms with Crippen LogP contribution in [0.15, 0.2) is 182 Å². The van der Waals surface area contributed by atoms with E-state index in [2.05, 4.69) is 0 Å². The summed E-state index contributed by atoms with van der Waals surface area (Å²) in [4.78, 5) is 25.1. The zero-order chi connectivity index (χ0) is 49.0. The Morgan fingerprint density at radius 1 is 0.338 bits per heavy atom. The number of carbonyl (C=O) groups is 2. The summed E-state index contributed by atoms with van der Waals surface area (Å²) in [6.07, 6.45) is -9.82. The number of rotatable bonds is 24. The summed E-state index contributed by atoms with van der Waals surface area (Å²) in [5.74, 6) is -1.01. The molecule has 0 aromatic heterocycles. The molecular weight excluding hydrogens is 905 g/mol. The lowest BCUT2D eigenvalue weighted by atomic mass is 9.96. The molecule has 0 saturated carbocycles. The summed E-state index contributed by atoms with van der Waals surface area (Å²) in [6.45, 7) is 3.32. The summed E-state index contributed by atoms with van der Waals surface area (Å²) in [6, 6.07) is 58.6. The van der Waals surface area contributed by atoms with Gasteiger partial charge < -0.3 is 52.1 Å². The Morgan fingerprint density at radius 3 is 0.803 bits per heavy atom. The summed E-state index contributed by atoms with van der Waals surface area (Å²) < 4.78 is 73.6. The summed E-state index contributed by atoms with van der Waals surface area (Å²) in [5.41, 5.74) is 5.44. The first-order valence-corrected chi connectivity index (χ1v) is 24.0. The number of carbonyl (C=O) groups excluding carboxylic acids is 2. The van der Waals surface area contributed by atoms with Crippen molar-refractivity contribution in [2.75, 3.05) is 13.2 Å². The quantitative estimate of drug-likeness (QED) is 0.0535. The van der Waals surface area contributed by atoms with Crippen LogP contribution in [0.4, 0.5) is 0 Å². The van der Waals surface area contributed by atoms with Crippen molar-refractivity contribution in [3.8, 4) is 0 Å². The zero-order valence-electron chi connectivity index (χ0n) is 40.1. The van der Waals surface area contributed by atoms with Crippen molar-refractivity contribution < 1.29 is 61.7 Å². The molecule has 2 fully saturated rings. The summed E-state index contributed by atoms with van der Waals surface area (Å²) in [7, 11) is 0. The van der Waals surface area contributed by atoms with E-state index in [1.54, 1.807) is 0 Å². The zero-order valence-corrected chi connectivity index (χ0v) is 40.1. The van der Waals surface area contributed by atoms with Gasteiger partial charge in [0.1, 0.15) is 62.0 Å². The van der Waals surface area contributed by atoms with Gasteiger partial charge in [0, 0.05) is 13.8 Å². The van der Waals surface area contributed by atoms with Gasteiger partial charge in [0.2, 0.25) is 0 Å². The largest absolute Gasteiger partial charge is 0.463 e. The van der Waals surface area contributed by atoms with E-state index < -0.39 is 73.4 Å². The van der Waals surface area contributed by atoms with Gasteiger partial charge in [-0.1, -0.05) is 182 Å². The molecule has 71 heavy (non-hydrogen) atoms. The highest BCUT2D eigenvalue weighted by Crippen LogP contribution is 2.37. The second-order valence-electron chi connectivity index (χ2n) is 17.4. The molecule has 13 heteroatoms. The van der Waals surface area contributed by atoms with Crippen molar-refractivity contribution in [3.63, 3.8) is 0 Å². The van der Waals surface area contributed by atoms with E-state index in [1.807, 2.05) is 182 Å². The Kier molecular flexibility index (Phi) is 19.4. The smallest absolute Gasteiger partial charge is 0.302 e. The Balaban J connectivity index is 1.20. The fraction of sp³-hybridized carbons (Fsp3) is 0.345. The number of hydrogen-bond donors (Lipinski definition) is 0. The molecule has 0 bridgehead atoms. The average Bonchev–Trinajstić information content (AvgIpc) is 3.40. The highest BCUT2D eigenvalue weighted by Gasteiger charge is 2.54. The van der Waals surface area contributed by atoms with Crippen LogP contribution in [0.5, 0.6) is 0 Å². The van der Waals surface area contributed by atoms with Gasteiger partial charge in [0.05, 0.1) is 39.6 Å². The van der Waals surface area contributed by atoms with E-state index in [0.29, 0.717) is 0 Å². The lowest BCUT2D eigenvalue weighted by molar-refractivity contribution is -0.393. The van der Waals surface area contributed by atoms with Crippen molar-refractivity contribution in [1.29, 1.82) is 0 Å². The van der Waals surface area contributed by atoms with Gasteiger partial charge in [0.15, 0.2) is 12.6 Å². The minimum Gasteiger partial charge on any atom is -0.463 e. The Morgan fingerprint density at radius 2 is 0.563 bits per heavy atom. The van der Waals surface area contributed by atoms with Crippen LogP contribution in [-0.2, 0) is 101 Å². The average molecular weight is 967 g/mol. The molecule has 0 spiro atoms. The Hall–Kier alpha value is -6.10. The van der Waals surface area contributed by atoms with Crippen LogP contribution in [0.1, 0.15) is 47.2 Å². The molecule has 372 valence electrons. The van der Waals surface area contributed by atoms with E-state index in [9.17, 15) is 9.59 Å². The molecule has 13 nitrogen and oxygen atoms in total. The Labute approximate surface area is 415 Å². The first kappa shape index (κ1) is 51.3. The first-order chi connectivity index (χ1) is 34.9. The van der Waals surface area contributed by atoms with E-state index in [4.69, 9.17) is 52.1 Å². The van der Waals surface area contributed by atoms with Gasteiger partial charge in [-0.25, -0.2) is 0 Å². The number of ether oxygens (including phenoxy) is 11. The maximum atomic E-state index is 12.5. The fourth-order valence-corrected chi connectivity index (χ4v) is 8.51. The van der Waals surface area contributed by atoms with Crippen LogP contribution in [0.3, 0.4) is 0 Å². The predicted octanol–water partition coefficient (Wildman–Crippen LogP) is 9.09. The van der Waals surface area contributed by atoms with Gasteiger partial charge in [-0.3, -0.25) is 9.59 Å². The molecule has 0 aliphatic carbocycles. The molecule has 2 aliphatic rings. The molecule has 0 N–H and O–H groups in total. The van der Waals surface area contributed by atoms with Crippen LogP contribution in [0.25, 0.3) is 0 Å². The first-order valence-electron chi connectivity index (χ1n) is 24.0. The molecule has 2 heterocycles. The van der Waals surface area contributed by atoms with Crippen molar-refractivity contribution in [1.82, 2.24) is 0 Å². The normalized spacial score (nSPS) is 24.2. The third kappa shape index (κ3) is 15.4. The lowest BCUT2D eigenvalue weighted by Crippen LogP contribution is -2.66. The highest BCUT2D eigenvalue weighted by molar-refractivity contribution is 5.66. The molecular formula is C58H62O13. The molecule has 6 aromatic carbocycles. The van der Waals surface area contributed by atoms with Gasteiger partial charge in [-0.05, 0) is 33.4 Å². The van der Waals surface area contributed by atoms with Crippen molar-refractivity contribution >= 4 is 11.9 Å². The molecule has 2 aliphatic heterocycles. The van der Waals surface area contributed by atoms with Gasteiger partial charge in [-0.15, -0.1) is 0 Å². The maximum Gasteiger partial charge on any atom is 0.302 e.